The summed E-state index contributed by atoms with van der Waals surface area (Å²) in [6, 6.07) is 17.7. The maximum atomic E-state index is 8.05. The number of nitrogens with one attached hydrogen (secondary N) is 1. The normalized spacial score (nSPS) is 9.94. The maximum absolute atomic E-state index is 8.05. The predicted molar refractivity (Wildman–Crippen MR) is 70.0 cm³/mol. The fourth-order valence-electron chi connectivity index (χ4n) is 1.69. The topological polar surface area (TPSA) is 33.1 Å². The summed E-state index contributed by atoms with van der Waals surface area (Å²) in [5.41, 5.74) is 2.72. The molecule has 0 aliphatic carbocycles. The van der Waals surface area contributed by atoms with Gasteiger partial charge in [-0.15, -0.1) is 0 Å². The van der Waals surface area contributed by atoms with Crippen LogP contribution in [0, 0.1) is 5.41 Å². The molecule has 2 heteroatoms. The average Bonchev–Trinajstić information content (AvgIpc) is 2.40. The molecule has 17 heavy (non-hydrogen) atoms. The summed E-state index contributed by atoms with van der Waals surface area (Å²) in [5, 5.41) is 8.05. The third-order valence-corrected chi connectivity index (χ3v) is 2.66. The van der Waals surface area contributed by atoms with E-state index in [4.69, 9.17) is 10.1 Å². The Morgan fingerprint density at radius 2 is 1.65 bits per heavy atom. The summed E-state index contributed by atoms with van der Waals surface area (Å²) in [6.07, 6.45) is 0.660. The predicted octanol–water partition coefficient (Wildman–Crippen LogP) is 3.31. The van der Waals surface area contributed by atoms with E-state index in [9.17, 15) is 0 Å². The van der Waals surface area contributed by atoms with Gasteiger partial charge in [0.25, 0.3) is 0 Å². The molecule has 0 fully saturated rings. The minimum Gasteiger partial charge on any atom is -0.497 e. The van der Waals surface area contributed by atoms with Gasteiger partial charge in [0.2, 0.25) is 0 Å². The zero-order valence-corrected chi connectivity index (χ0v) is 9.81. The highest BCUT2D eigenvalue weighted by Gasteiger charge is 2.02. The molecule has 0 saturated carbocycles. The molecule has 0 aliphatic rings. The summed E-state index contributed by atoms with van der Waals surface area (Å²) in [7, 11) is 1.64. The lowest BCUT2D eigenvalue weighted by atomic mass is 10.0. The van der Waals surface area contributed by atoms with Crippen LogP contribution in [0.3, 0.4) is 0 Å². The first-order valence-corrected chi connectivity index (χ1v) is 5.55. The Hall–Kier alpha value is -2.09. The van der Waals surface area contributed by atoms with Crippen molar-refractivity contribution in [3.8, 4) is 5.75 Å². The van der Waals surface area contributed by atoms with Crippen LogP contribution in [0.4, 0.5) is 0 Å². The van der Waals surface area contributed by atoms with Crippen LogP contribution in [0.5, 0.6) is 5.75 Å². The van der Waals surface area contributed by atoms with Crippen molar-refractivity contribution < 1.29 is 4.74 Å². The van der Waals surface area contributed by atoms with E-state index in [0.717, 1.165) is 16.9 Å². The smallest absolute Gasteiger partial charge is 0.118 e. The number of hydrogen-bond donors (Lipinski definition) is 1. The summed E-state index contributed by atoms with van der Waals surface area (Å²) in [4.78, 5) is 0. The Morgan fingerprint density at radius 3 is 2.24 bits per heavy atom. The minimum absolute atomic E-state index is 0.624. The van der Waals surface area contributed by atoms with Crippen LogP contribution in [-0.2, 0) is 6.42 Å². The highest BCUT2D eigenvalue weighted by Crippen LogP contribution is 2.13. The number of hydrogen-bond acceptors (Lipinski definition) is 2. The molecule has 0 radical (unpaired) electrons. The van der Waals surface area contributed by atoms with Gasteiger partial charge in [-0.2, -0.15) is 0 Å². The molecule has 0 bridgehead atoms. The molecule has 0 heterocycles. The summed E-state index contributed by atoms with van der Waals surface area (Å²) in [5.74, 6) is 0.821. The molecule has 2 rings (SSSR count). The fraction of sp³-hybridized carbons (Fsp3) is 0.133. The van der Waals surface area contributed by atoms with Crippen LogP contribution < -0.4 is 4.74 Å². The first kappa shape index (κ1) is 11.4. The van der Waals surface area contributed by atoms with Crippen molar-refractivity contribution in [2.75, 3.05) is 7.11 Å². The molecule has 0 aliphatic heterocycles. The van der Waals surface area contributed by atoms with E-state index >= 15 is 0 Å². The summed E-state index contributed by atoms with van der Waals surface area (Å²) >= 11 is 0. The summed E-state index contributed by atoms with van der Waals surface area (Å²) < 4.78 is 5.10. The van der Waals surface area contributed by atoms with E-state index in [2.05, 4.69) is 0 Å². The lowest BCUT2D eigenvalue weighted by Crippen LogP contribution is -2.03. The molecule has 2 nitrogen and oxygen atoms in total. The molecule has 0 aromatic heterocycles. The van der Waals surface area contributed by atoms with Crippen LogP contribution in [0.1, 0.15) is 11.1 Å². The largest absolute Gasteiger partial charge is 0.497 e. The number of rotatable bonds is 4. The van der Waals surface area contributed by atoms with Gasteiger partial charge in [0.05, 0.1) is 7.11 Å². The van der Waals surface area contributed by atoms with Crippen LogP contribution in [0.25, 0.3) is 0 Å². The third kappa shape index (κ3) is 2.94. The van der Waals surface area contributed by atoms with Crippen molar-refractivity contribution in [2.24, 2.45) is 0 Å². The second-order valence-corrected chi connectivity index (χ2v) is 3.87. The Bertz CT molecular complexity index is 488. The highest BCUT2D eigenvalue weighted by atomic mass is 16.5. The van der Waals surface area contributed by atoms with Gasteiger partial charge in [-0.05, 0) is 35.4 Å². The second-order valence-electron chi connectivity index (χ2n) is 3.87. The standard InChI is InChI=1S/C15H15NO/c1-17-14-9-7-13(8-10-14)15(16)11-12-5-3-2-4-6-12/h2-10,16H,11H2,1H3. The van der Waals surface area contributed by atoms with E-state index < -0.39 is 0 Å². The van der Waals surface area contributed by atoms with Crippen LogP contribution in [-0.4, -0.2) is 12.8 Å². The molecule has 1 N–H and O–H groups in total. The van der Waals surface area contributed by atoms with Crippen LogP contribution >= 0.6 is 0 Å². The quantitative estimate of drug-likeness (QED) is 0.796. The Kier molecular flexibility index (Phi) is 3.55. The van der Waals surface area contributed by atoms with Crippen LogP contribution in [0.15, 0.2) is 54.6 Å². The molecular formula is C15H15NO. The molecule has 0 unspecified atom stereocenters. The van der Waals surface area contributed by atoms with Crippen molar-refractivity contribution in [2.45, 2.75) is 6.42 Å². The van der Waals surface area contributed by atoms with E-state index in [1.54, 1.807) is 7.11 Å². The molecule has 2 aromatic carbocycles. The van der Waals surface area contributed by atoms with Gasteiger partial charge in [0.15, 0.2) is 0 Å². The van der Waals surface area contributed by atoms with Crippen molar-refractivity contribution in [1.82, 2.24) is 0 Å². The SMILES string of the molecule is COc1ccc(C(=N)Cc2ccccc2)cc1. The van der Waals surface area contributed by atoms with Gasteiger partial charge < -0.3 is 10.1 Å². The molecule has 86 valence electrons. The average molecular weight is 225 g/mol. The zero-order valence-electron chi connectivity index (χ0n) is 9.81. The fourth-order valence-corrected chi connectivity index (χ4v) is 1.69. The molecular weight excluding hydrogens is 210 g/mol. The molecule has 0 atom stereocenters. The van der Waals surface area contributed by atoms with E-state index in [1.807, 2.05) is 54.6 Å². The van der Waals surface area contributed by atoms with Gasteiger partial charge >= 0.3 is 0 Å². The molecule has 0 saturated heterocycles. The number of ether oxygens (including phenoxy) is 1. The van der Waals surface area contributed by atoms with Gasteiger partial charge in [0.1, 0.15) is 5.75 Å². The van der Waals surface area contributed by atoms with Crippen LogP contribution in [0.2, 0.25) is 0 Å². The molecule has 0 amide bonds. The van der Waals surface area contributed by atoms with E-state index in [0.29, 0.717) is 12.1 Å². The Balaban J connectivity index is 2.09. The minimum atomic E-state index is 0.624. The van der Waals surface area contributed by atoms with Gasteiger partial charge in [-0.25, -0.2) is 0 Å². The summed E-state index contributed by atoms with van der Waals surface area (Å²) in [6.45, 7) is 0. The van der Waals surface area contributed by atoms with Crippen molar-refractivity contribution >= 4 is 5.71 Å². The van der Waals surface area contributed by atoms with E-state index in [-0.39, 0.29) is 0 Å². The van der Waals surface area contributed by atoms with E-state index in [1.165, 1.54) is 0 Å². The molecule has 0 spiro atoms. The zero-order chi connectivity index (χ0) is 12.1. The Morgan fingerprint density at radius 1 is 1.00 bits per heavy atom. The second kappa shape index (κ2) is 5.30. The first-order chi connectivity index (χ1) is 8.29. The monoisotopic (exact) mass is 225 g/mol. The first-order valence-electron chi connectivity index (χ1n) is 5.55. The number of methoxy groups -OCH3 is 1. The van der Waals surface area contributed by atoms with Crippen molar-refractivity contribution in [3.63, 3.8) is 0 Å². The van der Waals surface area contributed by atoms with Gasteiger partial charge in [-0.1, -0.05) is 30.3 Å². The van der Waals surface area contributed by atoms with Gasteiger partial charge in [-0.3, -0.25) is 0 Å². The van der Waals surface area contributed by atoms with Gasteiger partial charge in [0, 0.05) is 12.1 Å². The van der Waals surface area contributed by atoms with Crippen molar-refractivity contribution in [1.29, 1.82) is 5.41 Å². The molecule has 2 aromatic rings. The lowest BCUT2D eigenvalue weighted by Gasteiger charge is -2.05. The third-order valence-electron chi connectivity index (χ3n) is 2.66. The maximum Gasteiger partial charge on any atom is 0.118 e. The highest BCUT2D eigenvalue weighted by molar-refractivity contribution is 5.99. The Labute approximate surface area is 101 Å². The lowest BCUT2D eigenvalue weighted by molar-refractivity contribution is 0.415. The number of benzene rings is 2. The van der Waals surface area contributed by atoms with Crippen molar-refractivity contribution in [3.05, 3.63) is 65.7 Å².